The summed E-state index contributed by atoms with van der Waals surface area (Å²) in [7, 11) is -1.02. The third-order valence-electron chi connectivity index (χ3n) is 2.98. The molecule has 0 heterocycles. The molecule has 0 spiro atoms. The second-order valence-electron chi connectivity index (χ2n) is 4.56. The van der Waals surface area contributed by atoms with Crippen molar-refractivity contribution in [3.8, 4) is 0 Å². The fourth-order valence-electron chi connectivity index (χ4n) is 1.44. The molecule has 1 rings (SSSR count). The molecule has 0 aliphatic heterocycles. The third-order valence-corrected chi connectivity index (χ3v) is 4.73. The molecule has 17 heavy (non-hydrogen) atoms. The van der Waals surface area contributed by atoms with Gasteiger partial charge in [-0.05, 0) is 38.6 Å². The molecule has 0 N–H and O–H groups in total. The highest BCUT2D eigenvalue weighted by Crippen LogP contribution is 2.13. The van der Waals surface area contributed by atoms with Crippen LogP contribution in [0.25, 0.3) is 0 Å². The molecule has 0 fully saturated rings. The van der Waals surface area contributed by atoms with E-state index in [-0.39, 0.29) is 5.75 Å². The Hall–Kier alpha value is -0.870. The Labute approximate surface area is 104 Å². The molecule has 0 saturated heterocycles. The van der Waals surface area contributed by atoms with Gasteiger partial charge in [0.2, 0.25) is 0 Å². The van der Waals surface area contributed by atoms with Gasteiger partial charge in [-0.15, -0.1) is 0 Å². The molecule has 0 radical (unpaired) electrons. The molecular weight excluding hydrogens is 234 g/mol. The Morgan fingerprint density at radius 1 is 1.18 bits per heavy atom. The van der Waals surface area contributed by atoms with Crippen LogP contribution in [0.3, 0.4) is 0 Å². The van der Waals surface area contributed by atoms with Crippen LogP contribution in [-0.2, 0) is 16.4 Å². The maximum absolute atomic E-state index is 11.6. The normalized spacial score (nSPS) is 12.4. The lowest BCUT2D eigenvalue weighted by molar-refractivity contribution is 0.266. The van der Waals surface area contributed by atoms with Crippen LogP contribution in [0.5, 0.6) is 0 Å². The number of nitrogens with zero attached hydrogens (tertiary/aromatic N) is 1. The Balaban J connectivity index is 2.82. The van der Waals surface area contributed by atoms with Crippen LogP contribution in [0, 0.1) is 0 Å². The van der Waals surface area contributed by atoms with E-state index in [0.29, 0.717) is 10.9 Å². The van der Waals surface area contributed by atoms with E-state index in [2.05, 4.69) is 25.8 Å². The van der Waals surface area contributed by atoms with E-state index in [9.17, 15) is 8.42 Å². The van der Waals surface area contributed by atoms with Gasteiger partial charge in [-0.25, -0.2) is 8.42 Å². The minimum absolute atomic E-state index is 0.151. The Morgan fingerprint density at radius 2 is 1.71 bits per heavy atom. The van der Waals surface area contributed by atoms with Crippen molar-refractivity contribution in [2.75, 3.05) is 12.8 Å². The predicted molar refractivity (Wildman–Crippen MR) is 70.8 cm³/mol. The molecule has 1 aromatic rings. The summed E-state index contributed by atoms with van der Waals surface area (Å²) < 4.78 is 23.3. The van der Waals surface area contributed by atoms with Crippen molar-refractivity contribution in [1.29, 1.82) is 0 Å². The first-order valence-electron chi connectivity index (χ1n) is 5.88. The van der Waals surface area contributed by atoms with E-state index in [1.165, 1.54) is 0 Å². The van der Waals surface area contributed by atoms with Gasteiger partial charge in [0.05, 0.1) is 10.6 Å². The zero-order chi connectivity index (χ0) is 13.1. The van der Waals surface area contributed by atoms with E-state index in [0.717, 1.165) is 12.1 Å². The smallest absolute Gasteiger partial charge is 0.178 e. The highest BCUT2D eigenvalue weighted by Gasteiger charge is 2.11. The topological polar surface area (TPSA) is 37.4 Å². The summed E-state index contributed by atoms with van der Waals surface area (Å²) in [4.78, 5) is 2.62. The van der Waals surface area contributed by atoms with Gasteiger partial charge in [0.1, 0.15) is 0 Å². The minimum Gasteiger partial charge on any atom is -0.300 e. The number of sulfone groups is 1. The van der Waals surface area contributed by atoms with E-state index >= 15 is 0 Å². The first-order chi connectivity index (χ1) is 7.86. The standard InChI is InChI=1S/C13H21NO2S/c1-5-17(15,16)13-8-6-12(7-9-13)10-14(4)11(2)3/h6-9,11H,5,10H2,1-4H3. The predicted octanol–water partition coefficient (Wildman–Crippen LogP) is 2.32. The summed E-state index contributed by atoms with van der Waals surface area (Å²) in [5, 5.41) is 0. The van der Waals surface area contributed by atoms with Crippen molar-refractivity contribution in [2.45, 2.75) is 38.3 Å². The second kappa shape index (κ2) is 5.65. The van der Waals surface area contributed by atoms with Gasteiger partial charge in [-0.1, -0.05) is 19.1 Å². The van der Waals surface area contributed by atoms with Crippen LogP contribution in [0.4, 0.5) is 0 Å². The molecule has 3 nitrogen and oxygen atoms in total. The fraction of sp³-hybridized carbons (Fsp3) is 0.538. The van der Waals surface area contributed by atoms with E-state index in [1.807, 2.05) is 12.1 Å². The highest BCUT2D eigenvalue weighted by molar-refractivity contribution is 7.91. The van der Waals surface area contributed by atoms with Gasteiger partial charge in [0.25, 0.3) is 0 Å². The number of hydrogen-bond acceptors (Lipinski definition) is 3. The van der Waals surface area contributed by atoms with Crippen molar-refractivity contribution in [1.82, 2.24) is 4.90 Å². The van der Waals surface area contributed by atoms with Crippen LogP contribution < -0.4 is 0 Å². The summed E-state index contributed by atoms with van der Waals surface area (Å²) >= 11 is 0. The zero-order valence-corrected chi connectivity index (χ0v) is 11.8. The van der Waals surface area contributed by atoms with Crippen molar-refractivity contribution in [3.63, 3.8) is 0 Å². The monoisotopic (exact) mass is 255 g/mol. The summed E-state index contributed by atoms with van der Waals surface area (Å²) in [5.74, 6) is 0.151. The molecule has 0 amide bonds. The fourth-order valence-corrected chi connectivity index (χ4v) is 2.32. The van der Waals surface area contributed by atoms with E-state index in [1.54, 1.807) is 19.1 Å². The molecule has 0 atom stereocenters. The van der Waals surface area contributed by atoms with Gasteiger partial charge in [0, 0.05) is 12.6 Å². The lowest BCUT2D eigenvalue weighted by Gasteiger charge is -2.20. The lowest BCUT2D eigenvalue weighted by atomic mass is 10.2. The lowest BCUT2D eigenvalue weighted by Crippen LogP contribution is -2.25. The Morgan fingerprint density at radius 3 is 2.12 bits per heavy atom. The average molecular weight is 255 g/mol. The number of hydrogen-bond donors (Lipinski definition) is 0. The van der Waals surface area contributed by atoms with Crippen LogP contribution >= 0.6 is 0 Å². The molecule has 0 aliphatic carbocycles. The van der Waals surface area contributed by atoms with Crippen molar-refractivity contribution < 1.29 is 8.42 Å². The summed E-state index contributed by atoms with van der Waals surface area (Å²) in [5.41, 5.74) is 1.14. The third kappa shape index (κ3) is 3.82. The molecule has 4 heteroatoms. The van der Waals surface area contributed by atoms with Gasteiger partial charge < -0.3 is 0 Å². The molecule has 0 saturated carbocycles. The Kier molecular flexibility index (Phi) is 4.71. The van der Waals surface area contributed by atoms with E-state index < -0.39 is 9.84 Å². The quantitative estimate of drug-likeness (QED) is 0.810. The summed E-state index contributed by atoms with van der Waals surface area (Å²) in [6, 6.07) is 7.65. The molecule has 0 aromatic heterocycles. The Bertz CT molecular complexity index is 449. The maximum atomic E-state index is 11.6. The van der Waals surface area contributed by atoms with Crippen LogP contribution in [0.2, 0.25) is 0 Å². The second-order valence-corrected chi connectivity index (χ2v) is 6.83. The summed E-state index contributed by atoms with van der Waals surface area (Å²) in [6.45, 7) is 6.77. The molecular formula is C13H21NO2S. The van der Waals surface area contributed by atoms with Crippen molar-refractivity contribution in [3.05, 3.63) is 29.8 Å². The van der Waals surface area contributed by atoms with Crippen LogP contribution in [0.15, 0.2) is 29.2 Å². The first-order valence-corrected chi connectivity index (χ1v) is 7.54. The number of benzene rings is 1. The van der Waals surface area contributed by atoms with E-state index in [4.69, 9.17) is 0 Å². The summed E-state index contributed by atoms with van der Waals surface area (Å²) in [6.07, 6.45) is 0. The maximum Gasteiger partial charge on any atom is 0.178 e. The van der Waals surface area contributed by atoms with Crippen molar-refractivity contribution >= 4 is 9.84 Å². The number of rotatable bonds is 5. The zero-order valence-electron chi connectivity index (χ0n) is 11.0. The highest BCUT2D eigenvalue weighted by atomic mass is 32.2. The molecule has 0 unspecified atom stereocenters. The van der Waals surface area contributed by atoms with Crippen LogP contribution in [0.1, 0.15) is 26.3 Å². The molecule has 1 aromatic carbocycles. The first kappa shape index (κ1) is 14.2. The van der Waals surface area contributed by atoms with Gasteiger partial charge in [0.15, 0.2) is 9.84 Å². The molecule has 0 bridgehead atoms. The van der Waals surface area contributed by atoms with Crippen molar-refractivity contribution in [2.24, 2.45) is 0 Å². The minimum atomic E-state index is -3.07. The van der Waals surface area contributed by atoms with Crippen LogP contribution in [-0.4, -0.2) is 32.2 Å². The van der Waals surface area contributed by atoms with Gasteiger partial charge in [-0.2, -0.15) is 0 Å². The molecule has 0 aliphatic rings. The molecule has 96 valence electrons. The van der Waals surface area contributed by atoms with Gasteiger partial charge in [-0.3, -0.25) is 4.90 Å². The van der Waals surface area contributed by atoms with Gasteiger partial charge >= 0.3 is 0 Å². The average Bonchev–Trinajstić information content (AvgIpc) is 2.29. The SMILES string of the molecule is CCS(=O)(=O)c1ccc(CN(C)C(C)C)cc1. The largest absolute Gasteiger partial charge is 0.300 e.